The maximum atomic E-state index is 10.9. The molecular weight excluding hydrogens is 615 g/mol. The van der Waals surface area contributed by atoms with Crippen molar-refractivity contribution >= 4 is 0 Å². The molecule has 0 aromatic rings. The van der Waals surface area contributed by atoms with E-state index in [2.05, 4.69) is 56.7 Å². The number of aliphatic hydroxyl groups is 2. The van der Waals surface area contributed by atoms with Gasteiger partial charge in [0, 0.05) is 48.3 Å². The van der Waals surface area contributed by atoms with Gasteiger partial charge in [0.1, 0.15) is 0 Å². The van der Waals surface area contributed by atoms with Crippen molar-refractivity contribution in [3.05, 3.63) is 0 Å². The summed E-state index contributed by atoms with van der Waals surface area (Å²) >= 11 is 0. The molecule has 9 fully saturated rings. The number of fused-ring (bicyclic) bond motifs is 6. The van der Waals surface area contributed by atoms with Crippen molar-refractivity contribution in [2.75, 3.05) is 0 Å². The lowest BCUT2D eigenvalue weighted by atomic mass is 9.51. The highest BCUT2D eigenvalue weighted by atomic mass is 16.3. The number of hydrogen-bond acceptors (Lipinski definition) is 5. The van der Waals surface area contributed by atoms with Crippen LogP contribution in [0, 0.1) is 51.8 Å². The summed E-state index contributed by atoms with van der Waals surface area (Å²) in [6, 6.07) is 5.69. The van der Waals surface area contributed by atoms with Gasteiger partial charge in [-0.1, -0.05) is 67.2 Å². The minimum atomic E-state index is -0.144. The smallest absolute Gasteiger partial charge is 0.0544 e. The highest BCUT2D eigenvalue weighted by Gasteiger charge is 2.61. The predicted molar refractivity (Wildman–Crippen MR) is 204 cm³/mol. The van der Waals surface area contributed by atoms with E-state index in [0.717, 1.165) is 80.3 Å². The van der Waals surface area contributed by atoms with E-state index in [1.165, 1.54) is 89.9 Å². The van der Waals surface area contributed by atoms with Gasteiger partial charge in [0.25, 0.3) is 0 Å². The normalized spacial score (nSPS) is 53.0. The summed E-state index contributed by atoms with van der Waals surface area (Å²) in [6.07, 6.45) is 25.9. The van der Waals surface area contributed by atoms with Crippen LogP contribution >= 0.6 is 0 Å². The summed E-state index contributed by atoms with van der Waals surface area (Å²) < 4.78 is 0. The van der Waals surface area contributed by atoms with Gasteiger partial charge in [0.05, 0.1) is 12.2 Å². The van der Waals surface area contributed by atoms with Crippen LogP contribution in [0.25, 0.3) is 0 Å². The van der Waals surface area contributed by atoms with Crippen molar-refractivity contribution in [2.45, 2.75) is 231 Å². The van der Waals surface area contributed by atoms with Crippen LogP contribution in [-0.4, -0.2) is 80.6 Å². The maximum absolute atomic E-state index is 10.9. The van der Waals surface area contributed by atoms with Crippen molar-refractivity contribution in [3.8, 4) is 0 Å². The Labute approximate surface area is 306 Å². The first-order valence-electron chi connectivity index (χ1n) is 22.5. The molecule has 0 amide bonds. The largest absolute Gasteiger partial charge is 0.393 e. The maximum Gasteiger partial charge on any atom is 0.0544 e. The Morgan fingerprint density at radius 1 is 0.400 bits per heavy atom. The fourth-order valence-corrected chi connectivity index (χ4v) is 16.8. The van der Waals surface area contributed by atoms with Crippen LogP contribution in [0.2, 0.25) is 0 Å². The molecule has 6 saturated carbocycles. The highest BCUT2D eigenvalue weighted by Crippen LogP contribution is 2.61. The van der Waals surface area contributed by atoms with Crippen LogP contribution in [0.15, 0.2) is 0 Å². The van der Waals surface area contributed by atoms with Crippen LogP contribution in [0.3, 0.4) is 0 Å². The highest BCUT2D eigenvalue weighted by molar-refractivity contribution is 5.14. The van der Waals surface area contributed by atoms with Crippen LogP contribution < -0.4 is 5.32 Å². The van der Waals surface area contributed by atoms with Gasteiger partial charge in [0.2, 0.25) is 0 Å². The van der Waals surface area contributed by atoms with E-state index in [4.69, 9.17) is 0 Å². The number of nitrogens with one attached hydrogen (secondary N) is 1. The molecule has 0 radical (unpaired) electrons. The molecule has 9 rings (SSSR count). The summed E-state index contributed by atoms with van der Waals surface area (Å²) in [5, 5.41) is 26.3. The number of nitrogens with zero attached hydrogens (tertiary/aromatic N) is 2. The third kappa shape index (κ3) is 5.51. The van der Waals surface area contributed by atoms with E-state index < -0.39 is 0 Å². The fourth-order valence-electron chi connectivity index (χ4n) is 16.8. The monoisotopic (exact) mass is 692 g/mol. The fraction of sp³-hybridized carbons (Fsp3) is 1.00. The Morgan fingerprint density at radius 2 is 0.780 bits per heavy atom. The topological polar surface area (TPSA) is 59.0 Å². The number of hydrogen-bond donors (Lipinski definition) is 3. The lowest BCUT2D eigenvalue weighted by Gasteiger charge is -2.67. The second-order valence-electron chi connectivity index (χ2n) is 22.1. The van der Waals surface area contributed by atoms with Gasteiger partial charge < -0.3 is 15.5 Å². The number of likely N-dealkylation sites (tertiary alicyclic amines) is 2. The minimum absolute atomic E-state index is 0.144. The first-order valence-corrected chi connectivity index (χ1v) is 22.5. The zero-order valence-corrected chi connectivity index (χ0v) is 33.2. The van der Waals surface area contributed by atoms with E-state index in [0.29, 0.717) is 52.9 Å². The third-order valence-electron chi connectivity index (χ3n) is 19.2. The first-order chi connectivity index (χ1) is 23.9. The molecule has 3 aliphatic heterocycles. The van der Waals surface area contributed by atoms with Gasteiger partial charge in [-0.3, -0.25) is 9.80 Å². The molecule has 0 aromatic heterocycles. The van der Waals surface area contributed by atoms with Crippen molar-refractivity contribution < 1.29 is 10.2 Å². The van der Waals surface area contributed by atoms with Gasteiger partial charge in [0.15, 0.2) is 0 Å². The third-order valence-corrected chi connectivity index (χ3v) is 19.2. The van der Waals surface area contributed by atoms with Gasteiger partial charge in [-0.05, 0) is 154 Å². The van der Waals surface area contributed by atoms with Crippen LogP contribution in [0.5, 0.6) is 0 Å². The molecular formula is C45H77N3O2. The Balaban J connectivity index is 0.977. The molecule has 0 aromatic carbocycles. The van der Waals surface area contributed by atoms with E-state index >= 15 is 0 Å². The summed E-state index contributed by atoms with van der Waals surface area (Å²) in [5.41, 5.74) is 1.04. The summed E-state index contributed by atoms with van der Waals surface area (Å²) in [6.45, 7) is 15.9. The molecule has 3 N–H and O–H groups in total. The molecule has 6 aliphatic carbocycles. The van der Waals surface area contributed by atoms with Crippen molar-refractivity contribution in [3.63, 3.8) is 0 Å². The molecule has 0 bridgehead atoms. The lowest BCUT2D eigenvalue weighted by molar-refractivity contribution is -0.176. The standard InChI is InChI=1S/C45H77N3O2/c1-43(2)31-11-7-9-13-39(31)47(40-14-10-8-12-32(40)43)27-15-19-37-33(23-27)44(3,4)34-24-28(16-20-38(34)46-37)48-41-21-17-29(49)25-35(41)45(5,6)36-26-30(50)18-22-42(36)48/h27-42,46,49-50H,7-26H2,1-6H3. The summed E-state index contributed by atoms with van der Waals surface area (Å²) in [4.78, 5) is 6.40. The number of aliphatic hydroxyl groups excluding tert-OH is 2. The van der Waals surface area contributed by atoms with Crippen molar-refractivity contribution in [1.82, 2.24) is 15.1 Å². The Morgan fingerprint density at radius 3 is 1.24 bits per heavy atom. The van der Waals surface area contributed by atoms with Crippen molar-refractivity contribution in [1.29, 1.82) is 0 Å². The van der Waals surface area contributed by atoms with Gasteiger partial charge in [-0.2, -0.15) is 0 Å². The van der Waals surface area contributed by atoms with Crippen LogP contribution in [0.4, 0.5) is 0 Å². The van der Waals surface area contributed by atoms with Gasteiger partial charge >= 0.3 is 0 Å². The molecule has 5 heteroatoms. The zero-order chi connectivity index (χ0) is 34.7. The molecule has 5 nitrogen and oxygen atoms in total. The lowest BCUT2D eigenvalue weighted by Crippen LogP contribution is -2.71. The minimum Gasteiger partial charge on any atom is -0.393 e. The van der Waals surface area contributed by atoms with E-state index in [-0.39, 0.29) is 17.6 Å². The second-order valence-corrected chi connectivity index (χ2v) is 22.1. The summed E-state index contributed by atoms with van der Waals surface area (Å²) in [7, 11) is 0. The average Bonchev–Trinajstić information content (AvgIpc) is 3.10. The quantitative estimate of drug-likeness (QED) is 0.271. The molecule has 3 heterocycles. The molecule has 50 heavy (non-hydrogen) atoms. The average molecular weight is 692 g/mol. The molecule has 9 aliphatic rings. The SMILES string of the molecule is CC1(C)C2CC(N3C4CCCCC4C(C)(C)C4CCCCC43)CCC2NC2CCC(N3C4CCC(O)CC4C(C)(C)C4CC(O)CCC43)CC21. The van der Waals surface area contributed by atoms with E-state index in [1.807, 2.05) is 0 Å². The molecule has 16 atom stereocenters. The first kappa shape index (κ1) is 35.5. The van der Waals surface area contributed by atoms with Crippen LogP contribution in [0.1, 0.15) is 170 Å². The Kier molecular flexibility index (Phi) is 9.19. The molecule has 0 spiro atoms. The molecule has 284 valence electrons. The molecule has 3 saturated heterocycles. The van der Waals surface area contributed by atoms with Crippen LogP contribution in [-0.2, 0) is 0 Å². The number of piperidine rings is 3. The van der Waals surface area contributed by atoms with Gasteiger partial charge in [-0.15, -0.1) is 0 Å². The van der Waals surface area contributed by atoms with E-state index in [1.54, 1.807) is 0 Å². The summed E-state index contributed by atoms with van der Waals surface area (Å²) in [5.74, 6) is 4.39. The van der Waals surface area contributed by atoms with Gasteiger partial charge in [-0.25, -0.2) is 0 Å². The zero-order valence-electron chi connectivity index (χ0n) is 33.2. The van der Waals surface area contributed by atoms with E-state index in [9.17, 15) is 10.2 Å². The van der Waals surface area contributed by atoms with Crippen molar-refractivity contribution in [2.24, 2.45) is 51.8 Å². The predicted octanol–water partition coefficient (Wildman–Crippen LogP) is 8.55. The second kappa shape index (κ2) is 12.9. The Bertz CT molecular complexity index is 1180. The Hall–Kier alpha value is -0.200. The number of rotatable bonds is 2. The molecule has 16 unspecified atom stereocenters.